The Bertz CT molecular complexity index is 440. The predicted molar refractivity (Wildman–Crippen MR) is 78.8 cm³/mol. The maximum Gasteiger partial charge on any atom is 0.253 e. The van der Waals surface area contributed by atoms with E-state index in [-0.39, 0.29) is 18.3 Å². The second-order valence-corrected chi connectivity index (χ2v) is 5.48. The van der Waals surface area contributed by atoms with Gasteiger partial charge in [-0.1, -0.05) is 12.1 Å². The topological polar surface area (TPSA) is 46.3 Å². The van der Waals surface area contributed by atoms with Gasteiger partial charge in [0.25, 0.3) is 5.91 Å². The lowest BCUT2D eigenvalue weighted by Crippen LogP contribution is -2.35. The van der Waals surface area contributed by atoms with Gasteiger partial charge in [-0.15, -0.1) is 12.4 Å². The van der Waals surface area contributed by atoms with Crippen molar-refractivity contribution in [3.05, 3.63) is 35.4 Å². The lowest BCUT2D eigenvalue weighted by molar-refractivity contribution is 0.0724. The van der Waals surface area contributed by atoms with Crippen LogP contribution in [0.4, 0.5) is 0 Å². The molecular formula is C15H21ClN2O. The number of piperidine rings is 1. The van der Waals surface area contributed by atoms with Crippen LogP contribution in [0.25, 0.3) is 0 Å². The van der Waals surface area contributed by atoms with Crippen molar-refractivity contribution in [2.45, 2.75) is 37.6 Å². The Morgan fingerprint density at radius 2 is 1.68 bits per heavy atom. The number of nitrogens with zero attached hydrogens (tertiary/aromatic N) is 1. The van der Waals surface area contributed by atoms with Crippen LogP contribution in [-0.2, 0) is 0 Å². The monoisotopic (exact) mass is 280 g/mol. The van der Waals surface area contributed by atoms with Crippen molar-refractivity contribution < 1.29 is 4.79 Å². The van der Waals surface area contributed by atoms with Gasteiger partial charge in [0.1, 0.15) is 0 Å². The number of halogens is 1. The molecule has 1 amide bonds. The highest BCUT2D eigenvalue weighted by molar-refractivity contribution is 5.94. The fraction of sp³-hybridized carbons (Fsp3) is 0.533. The predicted octanol–water partition coefficient (Wildman–Crippen LogP) is 2.55. The molecule has 2 unspecified atom stereocenters. The molecule has 2 N–H and O–H groups in total. The molecule has 19 heavy (non-hydrogen) atoms. The Kier molecular flexibility index (Phi) is 4.48. The van der Waals surface area contributed by atoms with Crippen molar-refractivity contribution in [1.82, 2.24) is 4.90 Å². The van der Waals surface area contributed by atoms with Crippen LogP contribution >= 0.6 is 12.4 Å². The summed E-state index contributed by atoms with van der Waals surface area (Å²) in [6, 6.07) is 8.37. The van der Waals surface area contributed by atoms with Crippen LogP contribution in [0.3, 0.4) is 0 Å². The van der Waals surface area contributed by atoms with E-state index in [4.69, 9.17) is 5.73 Å². The van der Waals surface area contributed by atoms with Crippen molar-refractivity contribution in [2.24, 2.45) is 5.73 Å². The van der Waals surface area contributed by atoms with Crippen LogP contribution in [0.5, 0.6) is 0 Å². The molecule has 0 spiro atoms. The number of amides is 1. The Labute approximate surface area is 120 Å². The molecule has 1 aliphatic carbocycles. The molecule has 1 heterocycles. The number of rotatable bonds is 2. The molecule has 2 aliphatic rings. The molecular weight excluding hydrogens is 260 g/mol. The second kappa shape index (κ2) is 5.93. The molecule has 4 heteroatoms. The molecule has 3 rings (SSSR count). The summed E-state index contributed by atoms with van der Waals surface area (Å²) in [7, 11) is 0. The van der Waals surface area contributed by atoms with Gasteiger partial charge in [0, 0.05) is 30.6 Å². The highest BCUT2D eigenvalue weighted by atomic mass is 35.5. The normalized spacial score (nSPS) is 25.6. The SMILES string of the molecule is Cl.NC1CC1c1ccc(C(=O)N2CCCCC2)cc1. The highest BCUT2D eigenvalue weighted by Crippen LogP contribution is 2.38. The maximum absolute atomic E-state index is 12.3. The van der Waals surface area contributed by atoms with E-state index in [1.807, 2.05) is 17.0 Å². The first-order chi connectivity index (χ1) is 8.75. The molecule has 2 atom stereocenters. The van der Waals surface area contributed by atoms with E-state index in [0.29, 0.717) is 12.0 Å². The lowest BCUT2D eigenvalue weighted by Gasteiger charge is -2.26. The fourth-order valence-corrected chi connectivity index (χ4v) is 2.75. The van der Waals surface area contributed by atoms with Crippen LogP contribution < -0.4 is 5.73 Å². The van der Waals surface area contributed by atoms with Crippen molar-refractivity contribution >= 4 is 18.3 Å². The minimum atomic E-state index is 0. The van der Waals surface area contributed by atoms with E-state index in [9.17, 15) is 4.79 Å². The third kappa shape index (κ3) is 3.10. The van der Waals surface area contributed by atoms with E-state index in [1.165, 1.54) is 12.0 Å². The number of hydrogen-bond donors (Lipinski definition) is 1. The molecule has 1 aromatic rings. The second-order valence-electron chi connectivity index (χ2n) is 5.48. The first kappa shape index (κ1) is 14.4. The van der Waals surface area contributed by atoms with E-state index >= 15 is 0 Å². The molecule has 1 saturated heterocycles. The smallest absolute Gasteiger partial charge is 0.253 e. The van der Waals surface area contributed by atoms with E-state index in [2.05, 4.69) is 12.1 Å². The molecule has 0 radical (unpaired) electrons. The van der Waals surface area contributed by atoms with Crippen molar-refractivity contribution in [3.63, 3.8) is 0 Å². The van der Waals surface area contributed by atoms with Gasteiger partial charge in [0.2, 0.25) is 0 Å². The number of hydrogen-bond acceptors (Lipinski definition) is 2. The molecule has 1 saturated carbocycles. The Hall–Kier alpha value is -1.06. The number of likely N-dealkylation sites (tertiary alicyclic amines) is 1. The number of nitrogens with two attached hydrogens (primary N) is 1. The van der Waals surface area contributed by atoms with Gasteiger partial charge in [-0.25, -0.2) is 0 Å². The van der Waals surface area contributed by atoms with Crippen LogP contribution in [0, 0.1) is 0 Å². The quantitative estimate of drug-likeness (QED) is 0.905. The third-order valence-corrected chi connectivity index (χ3v) is 4.07. The molecule has 0 bridgehead atoms. The van der Waals surface area contributed by atoms with E-state index in [0.717, 1.165) is 37.9 Å². The van der Waals surface area contributed by atoms with Gasteiger partial charge < -0.3 is 10.6 Å². The fourth-order valence-electron chi connectivity index (χ4n) is 2.75. The molecule has 1 aromatic carbocycles. The van der Waals surface area contributed by atoms with Gasteiger partial charge >= 0.3 is 0 Å². The van der Waals surface area contributed by atoms with Crippen LogP contribution in [-0.4, -0.2) is 29.9 Å². The zero-order chi connectivity index (χ0) is 12.5. The Morgan fingerprint density at radius 3 is 2.21 bits per heavy atom. The minimum absolute atomic E-state index is 0. The standard InChI is InChI=1S/C15H20N2O.ClH/c16-14-10-13(14)11-4-6-12(7-5-11)15(18)17-8-2-1-3-9-17;/h4-7,13-14H,1-3,8-10,16H2;1H. The first-order valence-electron chi connectivity index (χ1n) is 6.90. The Balaban J connectivity index is 0.00000133. The van der Waals surface area contributed by atoms with E-state index in [1.54, 1.807) is 0 Å². The van der Waals surface area contributed by atoms with Crippen molar-refractivity contribution in [2.75, 3.05) is 13.1 Å². The maximum atomic E-state index is 12.3. The van der Waals surface area contributed by atoms with Gasteiger partial charge in [-0.05, 0) is 43.4 Å². The zero-order valence-electron chi connectivity index (χ0n) is 11.0. The van der Waals surface area contributed by atoms with Gasteiger partial charge in [-0.3, -0.25) is 4.79 Å². The number of carbonyl (C=O) groups excluding carboxylic acids is 1. The van der Waals surface area contributed by atoms with E-state index < -0.39 is 0 Å². The number of benzene rings is 1. The lowest BCUT2D eigenvalue weighted by atomic mass is 10.1. The van der Waals surface area contributed by atoms with Crippen LogP contribution in [0.2, 0.25) is 0 Å². The summed E-state index contributed by atoms with van der Waals surface area (Å²) in [6.45, 7) is 1.82. The highest BCUT2D eigenvalue weighted by Gasteiger charge is 2.34. The average molecular weight is 281 g/mol. The summed E-state index contributed by atoms with van der Waals surface area (Å²) < 4.78 is 0. The zero-order valence-corrected chi connectivity index (χ0v) is 11.9. The van der Waals surface area contributed by atoms with Gasteiger partial charge in [0.15, 0.2) is 0 Å². The third-order valence-electron chi connectivity index (χ3n) is 4.07. The summed E-state index contributed by atoms with van der Waals surface area (Å²) in [6.07, 6.45) is 4.61. The summed E-state index contributed by atoms with van der Waals surface area (Å²) in [4.78, 5) is 14.2. The molecule has 0 aromatic heterocycles. The molecule has 2 fully saturated rings. The first-order valence-corrected chi connectivity index (χ1v) is 6.90. The van der Waals surface area contributed by atoms with Gasteiger partial charge in [-0.2, -0.15) is 0 Å². The molecule has 1 aliphatic heterocycles. The average Bonchev–Trinajstić information content (AvgIpc) is 3.16. The van der Waals surface area contributed by atoms with Crippen molar-refractivity contribution in [3.8, 4) is 0 Å². The van der Waals surface area contributed by atoms with Crippen LogP contribution in [0.1, 0.15) is 47.5 Å². The summed E-state index contributed by atoms with van der Waals surface area (Å²) in [5.41, 5.74) is 7.93. The van der Waals surface area contributed by atoms with Crippen molar-refractivity contribution in [1.29, 1.82) is 0 Å². The van der Waals surface area contributed by atoms with Crippen LogP contribution in [0.15, 0.2) is 24.3 Å². The number of carbonyl (C=O) groups is 1. The van der Waals surface area contributed by atoms with Gasteiger partial charge in [0.05, 0.1) is 0 Å². The molecule has 3 nitrogen and oxygen atoms in total. The minimum Gasteiger partial charge on any atom is -0.339 e. The Morgan fingerprint density at radius 1 is 1.11 bits per heavy atom. The summed E-state index contributed by atoms with van der Waals surface area (Å²) in [5.74, 6) is 0.700. The largest absolute Gasteiger partial charge is 0.339 e. The summed E-state index contributed by atoms with van der Waals surface area (Å²) >= 11 is 0. The molecule has 104 valence electrons. The summed E-state index contributed by atoms with van der Waals surface area (Å²) in [5, 5.41) is 0.